The lowest BCUT2D eigenvalue weighted by Gasteiger charge is -2.20. The number of guanidine groups is 1. The van der Waals surface area contributed by atoms with E-state index in [2.05, 4.69) is 15.6 Å². The number of amides is 4. The largest absolute Gasteiger partial charge is 0.481 e. The monoisotopic (exact) mass is 460 g/mol. The molecule has 16 nitrogen and oxygen atoms in total. The molecule has 0 rings (SSSR count). The maximum Gasteiger partial charge on any atom is 0.326 e. The van der Waals surface area contributed by atoms with Crippen LogP contribution in [0.1, 0.15) is 25.7 Å². The van der Waals surface area contributed by atoms with Gasteiger partial charge < -0.3 is 49.1 Å². The molecule has 0 spiro atoms. The standard InChI is InChI=1S/C16H28N8O8/c17-7(2-1-3-21-16(19)20)13(29)22-6-11(26)23-8(4-10(18)25)14(30)24-9(15(31)32)5-12(27)28/h7-9H,1-6,17H2,(H2,18,25)(H,22,29)(H,23,26)(H,24,30)(H,27,28)(H,31,32)(H4,19,20,21). The number of aliphatic carboxylic acids is 2. The van der Waals surface area contributed by atoms with Crippen LogP contribution in [-0.4, -0.2) is 83.0 Å². The van der Waals surface area contributed by atoms with Crippen LogP contribution in [0.3, 0.4) is 0 Å². The Bertz CT molecular complexity index is 752. The van der Waals surface area contributed by atoms with Crippen LogP contribution in [0.5, 0.6) is 0 Å². The third kappa shape index (κ3) is 12.6. The molecule has 0 heterocycles. The highest BCUT2D eigenvalue weighted by molar-refractivity contribution is 5.95. The number of hydrogen-bond acceptors (Lipinski definition) is 8. The number of aliphatic imine (C=N–C) groups is 1. The molecule has 0 bridgehead atoms. The van der Waals surface area contributed by atoms with Crippen molar-refractivity contribution < 1.29 is 39.0 Å². The molecule has 180 valence electrons. The van der Waals surface area contributed by atoms with Crippen LogP contribution < -0.4 is 38.9 Å². The summed E-state index contributed by atoms with van der Waals surface area (Å²) in [6.07, 6.45) is -1.01. The van der Waals surface area contributed by atoms with Gasteiger partial charge in [-0.1, -0.05) is 0 Å². The van der Waals surface area contributed by atoms with Gasteiger partial charge in [0.25, 0.3) is 0 Å². The molecule has 0 radical (unpaired) electrons. The Hall–Kier alpha value is -3.95. The molecular formula is C16H28N8O8. The lowest BCUT2D eigenvalue weighted by Crippen LogP contribution is -2.55. The fourth-order valence-corrected chi connectivity index (χ4v) is 2.25. The van der Waals surface area contributed by atoms with Gasteiger partial charge in [-0.25, -0.2) is 4.79 Å². The molecule has 0 aliphatic carbocycles. The molecule has 0 saturated carbocycles. The number of carboxylic acid groups (broad SMARTS) is 2. The molecule has 4 amide bonds. The summed E-state index contributed by atoms with van der Waals surface area (Å²) in [6, 6.07) is -4.36. The molecule has 32 heavy (non-hydrogen) atoms. The van der Waals surface area contributed by atoms with Crippen molar-refractivity contribution in [2.75, 3.05) is 13.1 Å². The van der Waals surface area contributed by atoms with Crippen molar-refractivity contribution in [2.24, 2.45) is 27.9 Å². The number of nitrogens with one attached hydrogen (secondary N) is 3. The van der Waals surface area contributed by atoms with Crippen LogP contribution in [0.25, 0.3) is 0 Å². The molecule has 16 heteroatoms. The van der Waals surface area contributed by atoms with Crippen molar-refractivity contribution in [2.45, 2.75) is 43.8 Å². The van der Waals surface area contributed by atoms with E-state index in [9.17, 15) is 28.8 Å². The van der Waals surface area contributed by atoms with Gasteiger partial charge in [-0.15, -0.1) is 0 Å². The van der Waals surface area contributed by atoms with Crippen molar-refractivity contribution >= 4 is 41.5 Å². The van der Waals surface area contributed by atoms with E-state index < -0.39 is 73.1 Å². The third-order valence-corrected chi connectivity index (χ3v) is 3.78. The normalized spacial score (nSPS) is 13.0. The topological polar surface area (TPSA) is 295 Å². The number of carbonyl (C=O) groups excluding carboxylic acids is 4. The first-order valence-electron chi connectivity index (χ1n) is 9.24. The number of primary amides is 1. The molecule has 0 aromatic rings. The van der Waals surface area contributed by atoms with Crippen molar-refractivity contribution in [3.8, 4) is 0 Å². The summed E-state index contributed by atoms with van der Waals surface area (Å²) in [7, 11) is 0. The lowest BCUT2D eigenvalue weighted by atomic mass is 10.1. The van der Waals surface area contributed by atoms with Crippen molar-refractivity contribution in [1.82, 2.24) is 16.0 Å². The van der Waals surface area contributed by atoms with Crippen LogP contribution in [-0.2, 0) is 28.8 Å². The minimum absolute atomic E-state index is 0.105. The summed E-state index contributed by atoms with van der Waals surface area (Å²) in [5.74, 6) is -6.95. The van der Waals surface area contributed by atoms with Crippen LogP contribution in [0.4, 0.5) is 0 Å². The number of carbonyl (C=O) groups is 6. The molecular weight excluding hydrogens is 432 g/mol. The maximum absolute atomic E-state index is 12.2. The van der Waals surface area contributed by atoms with Gasteiger partial charge in [-0.05, 0) is 12.8 Å². The maximum atomic E-state index is 12.2. The van der Waals surface area contributed by atoms with E-state index in [1.54, 1.807) is 0 Å². The molecule has 0 aromatic heterocycles. The molecule has 0 aliphatic rings. The van der Waals surface area contributed by atoms with Gasteiger partial charge in [-0.2, -0.15) is 0 Å². The highest BCUT2D eigenvalue weighted by atomic mass is 16.4. The summed E-state index contributed by atoms with van der Waals surface area (Å²) >= 11 is 0. The lowest BCUT2D eigenvalue weighted by molar-refractivity contribution is -0.147. The summed E-state index contributed by atoms with van der Waals surface area (Å²) in [5.41, 5.74) is 21.0. The minimum Gasteiger partial charge on any atom is -0.481 e. The van der Waals surface area contributed by atoms with E-state index in [-0.39, 0.29) is 18.9 Å². The van der Waals surface area contributed by atoms with E-state index >= 15 is 0 Å². The summed E-state index contributed by atoms with van der Waals surface area (Å²) in [5, 5.41) is 23.9. The van der Waals surface area contributed by atoms with Crippen molar-refractivity contribution in [3.05, 3.63) is 0 Å². The fraction of sp³-hybridized carbons (Fsp3) is 0.562. The first-order valence-corrected chi connectivity index (χ1v) is 9.24. The van der Waals surface area contributed by atoms with E-state index in [1.165, 1.54) is 0 Å². The van der Waals surface area contributed by atoms with Crippen molar-refractivity contribution in [3.63, 3.8) is 0 Å². The van der Waals surface area contributed by atoms with Crippen LogP contribution in [0.2, 0.25) is 0 Å². The summed E-state index contributed by atoms with van der Waals surface area (Å²) < 4.78 is 0. The first kappa shape index (κ1) is 28.0. The third-order valence-electron chi connectivity index (χ3n) is 3.78. The molecule has 0 saturated heterocycles. The highest BCUT2D eigenvalue weighted by Gasteiger charge is 2.29. The summed E-state index contributed by atoms with van der Waals surface area (Å²) in [4.78, 5) is 72.9. The molecule has 0 aliphatic heterocycles. The highest BCUT2D eigenvalue weighted by Crippen LogP contribution is 1.99. The van der Waals surface area contributed by atoms with Gasteiger partial charge in [-0.3, -0.25) is 29.0 Å². The Morgan fingerprint density at radius 1 is 0.875 bits per heavy atom. The predicted octanol–water partition coefficient (Wildman–Crippen LogP) is -5.11. The molecule has 13 N–H and O–H groups in total. The molecule has 0 fully saturated rings. The van der Waals surface area contributed by atoms with E-state index in [0.717, 1.165) is 0 Å². The Kier molecular flexibility index (Phi) is 12.4. The second kappa shape index (κ2) is 14.1. The Morgan fingerprint density at radius 3 is 2.00 bits per heavy atom. The number of nitrogens with two attached hydrogens (primary N) is 4. The zero-order chi connectivity index (χ0) is 24.8. The van der Waals surface area contributed by atoms with E-state index in [1.807, 2.05) is 5.32 Å². The number of hydrogen-bond donors (Lipinski definition) is 9. The van der Waals surface area contributed by atoms with Gasteiger partial charge in [0.1, 0.15) is 12.1 Å². The molecule has 0 aromatic carbocycles. The minimum atomic E-state index is -1.80. The van der Waals surface area contributed by atoms with E-state index in [0.29, 0.717) is 6.42 Å². The quantitative estimate of drug-likeness (QED) is 0.0632. The first-order chi connectivity index (χ1) is 14.8. The zero-order valence-corrected chi connectivity index (χ0v) is 17.1. The molecule has 3 unspecified atom stereocenters. The summed E-state index contributed by atoms with van der Waals surface area (Å²) in [6.45, 7) is -0.354. The predicted molar refractivity (Wildman–Crippen MR) is 108 cm³/mol. The van der Waals surface area contributed by atoms with E-state index in [4.69, 9.17) is 33.1 Å². The number of carboxylic acids is 2. The average Bonchev–Trinajstić information content (AvgIpc) is 2.67. The number of nitrogens with zero attached hydrogens (tertiary/aromatic N) is 1. The fourth-order valence-electron chi connectivity index (χ4n) is 2.25. The van der Waals surface area contributed by atoms with Crippen LogP contribution in [0, 0.1) is 0 Å². The second-order valence-electron chi connectivity index (χ2n) is 6.56. The van der Waals surface area contributed by atoms with Crippen LogP contribution >= 0.6 is 0 Å². The average molecular weight is 460 g/mol. The zero-order valence-electron chi connectivity index (χ0n) is 17.1. The van der Waals surface area contributed by atoms with Crippen molar-refractivity contribution in [1.29, 1.82) is 0 Å². The molecule has 3 atom stereocenters. The van der Waals surface area contributed by atoms with Gasteiger partial charge >= 0.3 is 11.9 Å². The van der Waals surface area contributed by atoms with Gasteiger partial charge in [0.2, 0.25) is 23.6 Å². The van der Waals surface area contributed by atoms with Gasteiger partial charge in [0.15, 0.2) is 5.96 Å². The smallest absolute Gasteiger partial charge is 0.326 e. The Balaban J connectivity index is 4.80. The Labute approximate surface area is 182 Å². The Morgan fingerprint density at radius 2 is 1.50 bits per heavy atom. The van der Waals surface area contributed by atoms with Gasteiger partial charge in [0.05, 0.1) is 25.4 Å². The van der Waals surface area contributed by atoms with Gasteiger partial charge in [0, 0.05) is 6.54 Å². The van der Waals surface area contributed by atoms with Crippen LogP contribution in [0.15, 0.2) is 4.99 Å². The second-order valence-corrected chi connectivity index (χ2v) is 6.56. The SMILES string of the molecule is NC(=O)CC(NC(=O)CNC(=O)C(N)CCCN=C(N)N)C(=O)NC(CC(=O)O)C(=O)O. The number of rotatable bonds is 15.